The standard InChI is InChI=1S/C18H28N4O3.C2HF3O2/c1-14-18(25-13-16(23)22(14)12-11-20(2)3)6-9-21(10-7-18)17(24)15-5-4-8-19-15;3-2(4,5)1(6)7/h4-5,8,14,19H,6-7,9-13H2,1-3H3;(H,6,7). The van der Waals surface area contributed by atoms with Crippen molar-refractivity contribution in [2.75, 3.05) is 46.9 Å². The van der Waals surface area contributed by atoms with E-state index in [1.165, 1.54) is 0 Å². The third-order valence-corrected chi connectivity index (χ3v) is 5.79. The third kappa shape index (κ3) is 6.22. The summed E-state index contributed by atoms with van der Waals surface area (Å²) < 4.78 is 37.8. The van der Waals surface area contributed by atoms with Gasteiger partial charge in [0.2, 0.25) is 5.91 Å². The molecule has 2 fully saturated rings. The Morgan fingerprint density at radius 3 is 2.38 bits per heavy atom. The van der Waals surface area contributed by atoms with Crippen LogP contribution in [0.1, 0.15) is 30.3 Å². The number of carboxylic acid groups (broad SMARTS) is 1. The number of morpholine rings is 1. The molecule has 2 saturated heterocycles. The van der Waals surface area contributed by atoms with Crippen molar-refractivity contribution in [2.24, 2.45) is 0 Å². The van der Waals surface area contributed by atoms with Gasteiger partial charge in [0.05, 0.1) is 11.6 Å². The lowest BCUT2D eigenvalue weighted by atomic mass is 9.82. The molecule has 2 aliphatic heterocycles. The van der Waals surface area contributed by atoms with Gasteiger partial charge in [0, 0.05) is 32.4 Å². The molecule has 0 radical (unpaired) electrons. The van der Waals surface area contributed by atoms with E-state index >= 15 is 0 Å². The van der Waals surface area contributed by atoms with Gasteiger partial charge in [-0.15, -0.1) is 0 Å². The highest BCUT2D eigenvalue weighted by atomic mass is 19.4. The number of nitrogens with one attached hydrogen (secondary N) is 1. The minimum Gasteiger partial charge on any atom is -0.475 e. The van der Waals surface area contributed by atoms with Crippen LogP contribution in [-0.2, 0) is 14.3 Å². The second-order valence-corrected chi connectivity index (χ2v) is 8.10. The van der Waals surface area contributed by atoms with E-state index < -0.39 is 12.1 Å². The lowest BCUT2D eigenvalue weighted by Gasteiger charge is -2.51. The molecule has 0 saturated carbocycles. The number of ether oxygens (including phenoxy) is 1. The number of aromatic amines is 1. The summed E-state index contributed by atoms with van der Waals surface area (Å²) in [4.78, 5) is 42.5. The number of halogens is 3. The molecule has 2 amide bonds. The fourth-order valence-electron chi connectivity index (χ4n) is 3.82. The fourth-order valence-corrected chi connectivity index (χ4v) is 3.82. The van der Waals surface area contributed by atoms with Crippen molar-refractivity contribution in [3.63, 3.8) is 0 Å². The van der Waals surface area contributed by atoms with E-state index in [0.29, 0.717) is 25.3 Å². The molecule has 0 aliphatic carbocycles. The number of aliphatic carboxylic acids is 1. The first-order valence-electron chi connectivity index (χ1n) is 10.2. The van der Waals surface area contributed by atoms with E-state index in [9.17, 15) is 22.8 Å². The molecule has 0 aromatic carbocycles. The Bertz CT molecular complexity index is 790. The van der Waals surface area contributed by atoms with Crippen LogP contribution in [0, 0.1) is 0 Å². The molecule has 1 aromatic heterocycles. The molecule has 1 aromatic rings. The average Bonchev–Trinajstić information content (AvgIpc) is 3.25. The van der Waals surface area contributed by atoms with Crippen LogP contribution in [0.15, 0.2) is 18.3 Å². The SMILES string of the molecule is CC1N(CCN(C)C)C(=O)COC12CCN(C(=O)c1ccc[nH]1)CC2.O=C(O)C(F)(F)F. The number of alkyl halides is 3. The number of carbonyl (C=O) groups is 3. The van der Waals surface area contributed by atoms with Gasteiger partial charge in [0.15, 0.2) is 0 Å². The van der Waals surface area contributed by atoms with E-state index in [4.69, 9.17) is 14.6 Å². The summed E-state index contributed by atoms with van der Waals surface area (Å²) in [5.41, 5.74) is 0.281. The maximum absolute atomic E-state index is 12.5. The molecule has 2 aliphatic rings. The van der Waals surface area contributed by atoms with Crippen LogP contribution in [0.25, 0.3) is 0 Å². The molecule has 3 rings (SSSR count). The van der Waals surface area contributed by atoms with Crippen molar-refractivity contribution in [2.45, 2.75) is 37.6 Å². The molecule has 2 N–H and O–H groups in total. The normalized spacial score (nSPS) is 20.8. The highest BCUT2D eigenvalue weighted by Gasteiger charge is 2.48. The number of hydrogen-bond acceptors (Lipinski definition) is 5. The van der Waals surface area contributed by atoms with Gasteiger partial charge in [-0.25, -0.2) is 4.79 Å². The lowest BCUT2D eigenvalue weighted by Crippen LogP contribution is -2.64. The molecule has 1 atom stereocenters. The first-order valence-corrected chi connectivity index (χ1v) is 10.2. The Kier molecular flexibility index (Phi) is 8.29. The zero-order valence-electron chi connectivity index (χ0n) is 18.3. The van der Waals surface area contributed by atoms with E-state index in [2.05, 4.69) is 16.8 Å². The highest BCUT2D eigenvalue weighted by Crippen LogP contribution is 2.35. The minimum absolute atomic E-state index is 0.0245. The number of H-pyrrole nitrogens is 1. The zero-order chi connectivity index (χ0) is 24.1. The molecule has 1 spiro atoms. The summed E-state index contributed by atoms with van der Waals surface area (Å²) in [6.45, 7) is 5.07. The Morgan fingerprint density at radius 1 is 1.31 bits per heavy atom. The number of rotatable bonds is 4. The molecule has 9 nitrogen and oxygen atoms in total. The summed E-state index contributed by atoms with van der Waals surface area (Å²) in [5, 5.41) is 7.12. The van der Waals surface area contributed by atoms with Crippen LogP contribution in [0.4, 0.5) is 13.2 Å². The highest BCUT2D eigenvalue weighted by molar-refractivity contribution is 5.92. The van der Waals surface area contributed by atoms with Gasteiger partial charge in [-0.2, -0.15) is 13.2 Å². The Morgan fingerprint density at radius 2 is 1.91 bits per heavy atom. The first kappa shape index (κ1) is 25.7. The summed E-state index contributed by atoms with van der Waals surface area (Å²) in [6, 6.07) is 3.66. The molecular formula is C20H29F3N4O5. The maximum Gasteiger partial charge on any atom is 0.490 e. The van der Waals surface area contributed by atoms with E-state index in [1.807, 2.05) is 30.0 Å². The smallest absolute Gasteiger partial charge is 0.475 e. The number of amides is 2. The van der Waals surface area contributed by atoms with Crippen LogP contribution in [0.3, 0.4) is 0 Å². The van der Waals surface area contributed by atoms with Crippen molar-refractivity contribution in [3.8, 4) is 0 Å². The molecule has 3 heterocycles. The molecule has 1 unspecified atom stereocenters. The Labute approximate surface area is 184 Å². The second kappa shape index (κ2) is 10.3. The quantitative estimate of drug-likeness (QED) is 0.701. The summed E-state index contributed by atoms with van der Waals surface area (Å²) in [6.07, 6.45) is -1.81. The summed E-state index contributed by atoms with van der Waals surface area (Å²) in [5.74, 6) is -2.67. The second-order valence-electron chi connectivity index (χ2n) is 8.10. The van der Waals surface area contributed by atoms with Crippen LogP contribution >= 0.6 is 0 Å². The number of aromatic nitrogens is 1. The predicted molar refractivity (Wildman–Crippen MR) is 108 cm³/mol. The molecule has 32 heavy (non-hydrogen) atoms. The monoisotopic (exact) mass is 462 g/mol. The first-order chi connectivity index (χ1) is 14.9. The maximum atomic E-state index is 12.5. The van der Waals surface area contributed by atoms with Crippen molar-refractivity contribution in [1.29, 1.82) is 0 Å². The number of carbonyl (C=O) groups excluding carboxylic acids is 2. The summed E-state index contributed by atoms with van der Waals surface area (Å²) in [7, 11) is 4.02. The van der Waals surface area contributed by atoms with Crippen LogP contribution in [0.2, 0.25) is 0 Å². The number of likely N-dealkylation sites (N-methyl/N-ethyl adjacent to an activating group) is 1. The van der Waals surface area contributed by atoms with E-state index in [0.717, 1.165) is 19.4 Å². The van der Waals surface area contributed by atoms with E-state index in [-0.39, 0.29) is 30.1 Å². The number of piperidine rings is 1. The average molecular weight is 462 g/mol. The Balaban J connectivity index is 0.000000451. The van der Waals surface area contributed by atoms with Crippen LogP contribution in [0.5, 0.6) is 0 Å². The van der Waals surface area contributed by atoms with Gasteiger partial charge in [0.25, 0.3) is 5.91 Å². The molecular weight excluding hydrogens is 433 g/mol. The number of carboxylic acids is 1. The van der Waals surface area contributed by atoms with Crippen LogP contribution in [-0.4, -0.2) is 107 Å². The summed E-state index contributed by atoms with van der Waals surface area (Å²) >= 11 is 0. The molecule has 180 valence electrons. The number of likely N-dealkylation sites (tertiary alicyclic amines) is 1. The van der Waals surface area contributed by atoms with Gasteiger partial charge in [-0.3, -0.25) is 9.59 Å². The zero-order valence-corrected chi connectivity index (χ0v) is 18.3. The van der Waals surface area contributed by atoms with Crippen molar-refractivity contribution >= 4 is 17.8 Å². The van der Waals surface area contributed by atoms with Crippen molar-refractivity contribution in [3.05, 3.63) is 24.0 Å². The fraction of sp³-hybridized carbons (Fsp3) is 0.650. The van der Waals surface area contributed by atoms with Crippen LogP contribution < -0.4 is 0 Å². The molecule has 0 bridgehead atoms. The van der Waals surface area contributed by atoms with E-state index in [1.54, 1.807) is 12.3 Å². The van der Waals surface area contributed by atoms with Gasteiger partial charge in [0.1, 0.15) is 12.3 Å². The Hall–Kier alpha value is -2.60. The molecule has 12 heteroatoms. The number of hydrogen-bond donors (Lipinski definition) is 2. The van der Waals surface area contributed by atoms with Gasteiger partial charge >= 0.3 is 12.1 Å². The predicted octanol–water partition coefficient (Wildman–Crippen LogP) is 1.43. The van der Waals surface area contributed by atoms with Crippen molar-refractivity contribution < 1.29 is 37.4 Å². The topological polar surface area (TPSA) is 106 Å². The minimum atomic E-state index is -5.08. The third-order valence-electron chi connectivity index (χ3n) is 5.79. The van der Waals surface area contributed by atoms with Gasteiger partial charge < -0.3 is 29.5 Å². The van der Waals surface area contributed by atoms with Gasteiger partial charge in [-0.05, 0) is 46.0 Å². The van der Waals surface area contributed by atoms with Gasteiger partial charge in [-0.1, -0.05) is 0 Å². The lowest BCUT2D eigenvalue weighted by molar-refractivity contribution is -0.192. The largest absolute Gasteiger partial charge is 0.490 e. The van der Waals surface area contributed by atoms with Crippen molar-refractivity contribution in [1.82, 2.24) is 19.7 Å². The number of nitrogens with zero attached hydrogens (tertiary/aromatic N) is 3.